The van der Waals surface area contributed by atoms with Crippen molar-refractivity contribution < 1.29 is 9.53 Å². The number of carbonyl (C=O) groups is 1. The number of morpholine rings is 1. The molecule has 0 saturated carbocycles. The van der Waals surface area contributed by atoms with Gasteiger partial charge in [-0.05, 0) is 36.1 Å². The minimum Gasteiger partial charge on any atom is -0.379 e. The lowest BCUT2D eigenvalue weighted by Gasteiger charge is -2.28. The molecule has 0 aliphatic carbocycles. The summed E-state index contributed by atoms with van der Waals surface area (Å²) in [6.07, 6.45) is 2.29. The molecule has 1 saturated heterocycles. The van der Waals surface area contributed by atoms with E-state index in [0.717, 1.165) is 62.8 Å². The molecule has 5 heteroatoms. The molecule has 28 heavy (non-hydrogen) atoms. The first-order valence-electron chi connectivity index (χ1n) is 10.1. The Labute approximate surface area is 173 Å². The molecule has 0 spiro atoms. The summed E-state index contributed by atoms with van der Waals surface area (Å²) in [5.41, 5.74) is 2.32. The molecule has 0 unspecified atom stereocenters. The summed E-state index contributed by atoms with van der Waals surface area (Å²) in [6, 6.07) is 18.0. The van der Waals surface area contributed by atoms with Crippen LogP contribution >= 0.6 is 11.6 Å². The molecular weight excluding hydrogens is 372 g/mol. The number of halogens is 1. The highest BCUT2D eigenvalue weighted by atomic mass is 35.5. The van der Waals surface area contributed by atoms with E-state index >= 15 is 0 Å². The van der Waals surface area contributed by atoms with Gasteiger partial charge in [-0.1, -0.05) is 54.1 Å². The largest absolute Gasteiger partial charge is 0.379 e. The number of ether oxygens (including phenoxy) is 1. The van der Waals surface area contributed by atoms with E-state index in [0.29, 0.717) is 13.0 Å². The molecule has 0 atom stereocenters. The number of aryl methyl sites for hydroxylation is 1. The second kappa shape index (κ2) is 11.2. The number of rotatable bonds is 9. The van der Waals surface area contributed by atoms with Crippen molar-refractivity contribution in [1.82, 2.24) is 9.80 Å². The molecule has 0 N–H and O–H groups in total. The molecule has 1 aliphatic heterocycles. The first-order chi connectivity index (χ1) is 13.7. The lowest BCUT2D eigenvalue weighted by atomic mass is 10.1. The maximum absolute atomic E-state index is 12.9. The van der Waals surface area contributed by atoms with E-state index < -0.39 is 0 Å². The van der Waals surface area contributed by atoms with Crippen LogP contribution in [0.4, 0.5) is 0 Å². The highest BCUT2D eigenvalue weighted by molar-refractivity contribution is 6.30. The summed E-state index contributed by atoms with van der Waals surface area (Å²) in [7, 11) is 0. The molecule has 0 aromatic heterocycles. The Morgan fingerprint density at radius 3 is 2.43 bits per heavy atom. The fourth-order valence-electron chi connectivity index (χ4n) is 3.47. The summed E-state index contributed by atoms with van der Waals surface area (Å²) in [6.45, 7) is 6.00. The van der Waals surface area contributed by atoms with Crippen LogP contribution in [0.2, 0.25) is 5.02 Å². The monoisotopic (exact) mass is 400 g/mol. The summed E-state index contributed by atoms with van der Waals surface area (Å²) in [5.74, 6) is 0.209. The molecule has 4 nitrogen and oxygen atoms in total. The van der Waals surface area contributed by atoms with Gasteiger partial charge in [-0.3, -0.25) is 9.69 Å². The molecule has 2 aromatic carbocycles. The molecular formula is C23H29ClN2O2. The summed E-state index contributed by atoms with van der Waals surface area (Å²) in [5, 5.41) is 0.720. The minimum atomic E-state index is 0.209. The predicted molar refractivity (Wildman–Crippen MR) is 114 cm³/mol. The topological polar surface area (TPSA) is 32.8 Å². The number of nitrogens with zero attached hydrogens (tertiary/aromatic N) is 2. The van der Waals surface area contributed by atoms with E-state index in [-0.39, 0.29) is 5.91 Å². The second-order valence-corrected chi connectivity index (χ2v) is 7.67. The van der Waals surface area contributed by atoms with E-state index in [4.69, 9.17) is 16.3 Å². The van der Waals surface area contributed by atoms with Crippen LogP contribution < -0.4 is 0 Å². The van der Waals surface area contributed by atoms with Crippen molar-refractivity contribution in [3.05, 3.63) is 70.7 Å². The third-order valence-corrected chi connectivity index (χ3v) is 5.37. The van der Waals surface area contributed by atoms with Crippen LogP contribution in [0.1, 0.15) is 24.0 Å². The first kappa shape index (κ1) is 20.8. The summed E-state index contributed by atoms with van der Waals surface area (Å²) < 4.78 is 5.41. The maximum Gasteiger partial charge on any atom is 0.223 e. The zero-order valence-corrected chi connectivity index (χ0v) is 17.1. The SMILES string of the molecule is O=C(CCc1ccccc1)N(CCCN1CCOCC1)Cc1ccc(Cl)cc1. The number of amides is 1. The zero-order valence-electron chi connectivity index (χ0n) is 16.4. The van der Waals surface area contributed by atoms with Gasteiger partial charge in [0.2, 0.25) is 5.91 Å². The van der Waals surface area contributed by atoms with Crippen molar-refractivity contribution in [3.8, 4) is 0 Å². The highest BCUT2D eigenvalue weighted by Gasteiger charge is 2.16. The standard InChI is InChI=1S/C23H29ClN2O2/c24-22-10-7-21(8-11-22)19-26(14-4-13-25-15-17-28-18-16-25)23(27)12-9-20-5-2-1-3-6-20/h1-3,5-8,10-11H,4,9,12-19H2. The Morgan fingerprint density at radius 1 is 1.00 bits per heavy atom. The normalized spacial score (nSPS) is 14.8. The Kier molecular flexibility index (Phi) is 8.34. The van der Waals surface area contributed by atoms with Crippen molar-refractivity contribution >= 4 is 17.5 Å². The third-order valence-electron chi connectivity index (χ3n) is 5.12. The number of hydrogen-bond acceptors (Lipinski definition) is 3. The maximum atomic E-state index is 12.9. The van der Waals surface area contributed by atoms with Crippen LogP contribution in [-0.4, -0.2) is 55.1 Å². The molecule has 0 bridgehead atoms. The van der Waals surface area contributed by atoms with Crippen LogP contribution in [0.25, 0.3) is 0 Å². The van der Waals surface area contributed by atoms with Gasteiger partial charge >= 0.3 is 0 Å². The van der Waals surface area contributed by atoms with Crippen molar-refractivity contribution in [1.29, 1.82) is 0 Å². The van der Waals surface area contributed by atoms with Gasteiger partial charge in [-0.2, -0.15) is 0 Å². The van der Waals surface area contributed by atoms with Crippen LogP contribution in [-0.2, 0) is 22.5 Å². The molecule has 150 valence electrons. The van der Waals surface area contributed by atoms with Crippen molar-refractivity contribution in [3.63, 3.8) is 0 Å². The van der Waals surface area contributed by atoms with Gasteiger partial charge in [0.15, 0.2) is 0 Å². The van der Waals surface area contributed by atoms with Crippen LogP contribution in [0.15, 0.2) is 54.6 Å². The van der Waals surface area contributed by atoms with Gasteiger partial charge in [0.25, 0.3) is 0 Å². The Morgan fingerprint density at radius 2 is 1.71 bits per heavy atom. The highest BCUT2D eigenvalue weighted by Crippen LogP contribution is 2.14. The van der Waals surface area contributed by atoms with Crippen molar-refractivity contribution in [2.45, 2.75) is 25.8 Å². The van der Waals surface area contributed by atoms with Gasteiger partial charge in [0.05, 0.1) is 13.2 Å². The number of benzene rings is 2. The van der Waals surface area contributed by atoms with Gasteiger partial charge in [0.1, 0.15) is 0 Å². The molecule has 1 aliphatic rings. The summed E-state index contributed by atoms with van der Waals surface area (Å²) >= 11 is 6.00. The Bertz CT molecular complexity index is 715. The Hall–Kier alpha value is -1.88. The second-order valence-electron chi connectivity index (χ2n) is 7.23. The summed E-state index contributed by atoms with van der Waals surface area (Å²) in [4.78, 5) is 17.3. The van der Waals surface area contributed by atoms with E-state index in [1.807, 2.05) is 47.4 Å². The molecule has 2 aromatic rings. The van der Waals surface area contributed by atoms with E-state index in [1.54, 1.807) is 0 Å². The van der Waals surface area contributed by atoms with Crippen LogP contribution in [0.3, 0.4) is 0 Å². The number of carbonyl (C=O) groups excluding carboxylic acids is 1. The van der Waals surface area contributed by atoms with E-state index in [2.05, 4.69) is 17.0 Å². The fourth-order valence-corrected chi connectivity index (χ4v) is 3.59. The molecule has 1 amide bonds. The zero-order chi connectivity index (χ0) is 19.6. The van der Waals surface area contributed by atoms with Gasteiger partial charge in [-0.25, -0.2) is 0 Å². The minimum absolute atomic E-state index is 0.209. The van der Waals surface area contributed by atoms with Crippen molar-refractivity contribution in [2.24, 2.45) is 0 Å². The predicted octanol–water partition coefficient (Wildman–Crippen LogP) is 4.02. The average Bonchev–Trinajstić information content (AvgIpc) is 2.74. The lowest BCUT2D eigenvalue weighted by Crippen LogP contribution is -2.39. The molecule has 1 heterocycles. The van der Waals surface area contributed by atoms with E-state index in [9.17, 15) is 4.79 Å². The van der Waals surface area contributed by atoms with Gasteiger partial charge in [0, 0.05) is 44.2 Å². The van der Waals surface area contributed by atoms with Crippen LogP contribution in [0, 0.1) is 0 Å². The number of hydrogen-bond donors (Lipinski definition) is 0. The smallest absolute Gasteiger partial charge is 0.223 e. The van der Waals surface area contributed by atoms with E-state index in [1.165, 1.54) is 5.56 Å². The third kappa shape index (κ3) is 6.93. The van der Waals surface area contributed by atoms with Gasteiger partial charge < -0.3 is 9.64 Å². The van der Waals surface area contributed by atoms with Gasteiger partial charge in [-0.15, -0.1) is 0 Å². The quantitative estimate of drug-likeness (QED) is 0.637. The first-order valence-corrected chi connectivity index (χ1v) is 10.4. The van der Waals surface area contributed by atoms with Crippen molar-refractivity contribution in [2.75, 3.05) is 39.4 Å². The van der Waals surface area contributed by atoms with Crippen LogP contribution in [0.5, 0.6) is 0 Å². The fraction of sp³-hybridized carbons (Fsp3) is 0.435. The molecule has 1 fully saturated rings. The molecule has 0 radical (unpaired) electrons. The molecule has 3 rings (SSSR count). The Balaban J connectivity index is 1.55. The lowest BCUT2D eigenvalue weighted by molar-refractivity contribution is -0.132. The average molecular weight is 401 g/mol.